The lowest BCUT2D eigenvalue weighted by Gasteiger charge is -2.23. The highest BCUT2D eigenvalue weighted by Crippen LogP contribution is 2.24. The zero-order valence-electron chi connectivity index (χ0n) is 14.0. The molecule has 0 radical (unpaired) electrons. The Morgan fingerprint density at radius 3 is 2.64 bits per heavy atom. The number of anilines is 1. The van der Waals surface area contributed by atoms with Crippen molar-refractivity contribution in [2.45, 2.75) is 52.0 Å². The van der Waals surface area contributed by atoms with E-state index in [9.17, 15) is 4.79 Å². The Bertz CT molecular complexity index is 518. The van der Waals surface area contributed by atoms with Gasteiger partial charge in [0.1, 0.15) is 11.6 Å². The Morgan fingerprint density at radius 2 is 2.00 bits per heavy atom. The summed E-state index contributed by atoms with van der Waals surface area (Å²) < 4.78 is 0. The summed E-state index contributed by atoms with van der Waals surface area (Å²) in [4.78, 5) is 20.8. The molecule has 2 heterocycles. The fraction of sp³-hybridized carbons (Fsp3) is 0.688. The van der Waals surface area contributed by atoms with Crippen molar-refractivity contribution in [2.24, 2.45) is 0 Å². The quantitative estimate of drug-likeness (QED) is 0.787. The third-order valence-electron chi connectivity index (χ3n) is 3.56. The maximum Gasteiger partial charge on any atom is 0.239 e. The summed E-state index contributed by atoms with van der Waals surface area (Å²) in [5.41, 5.74) is 0.855. The number of rotatable bonds is 4. The summed E-state index contributed by atoms with van der Waals surface area (Å²) in [6.07, 6.45) is 2.20. The molecule has 0 bridgehead atoms. The fourth-order valence-electron chi connectivity index (χ4n) is 2.64. The van der Waals surface area contributed by atoms with Crippen LogP contribution in [0.5, 0.6) is 0 Å². The molecule has 1 aromatic rings. The van der Waals surface area contributed by atoms with Crippen molar-refractivity contribution in [2.75, 3.05) is 25.0 Å². The highest BCUT2D eigenvalue weighted by Gasteiger charge is 2.18. The highest BCUT2D eigenvalue weighted by molar-refractivity contribution is 5.81. The van der Waals surface area contributed by atoms with E-state index in [0.717, 1.165) is 43.3 Å². The maximum atomic E-state index is 11.9. The van der Waals surface area contributed by atoms with Gasteiger partial charge in [-0.25, -0.2) is 9.97 Å². The number of piperidine rings is 1. The van der Waals surface area contributed by atoms with Crippen LogP contribution in [0.15, 0.2) is 6.07 Å². The van der Waals surface area contributed by atoms with E-state index in [1.807, 2.05) is 33.8 Å². The Kier molecular flexibility index (Phi) is 5.34. The number of carbonyl (C=O) groups is 1. The molecular formula is C16H27N5O. The second-order valence-corrected chi connectivity index (χ2v) is 6.90. The van der Waals surface area contributed by atoms with Gasteiger partial charge < -0.3 is 16.0 Å². The third kappa shape index (κ3) is 5.26. The molecule has 22 heavy (non-hydrogen) atoms. The Hall–Kier alpha value is -1.69. The van der Waals surface area contributed by atoms with Crippen LogP contribution in [0, 0.1) is 6.92 Å². The molecule has 122 valence electrons. The van der Waals surface area contributed by atoms with Gasteiger partial charge in [-0.1, -0.05) is 0 Å². The van der Waals surface area contributed by atoms with Gasteiger partial charge >= 0.3 is 0 Å². The lowest BCUT2D eigenvalue weighted by Crippen LogP contribution is -2.43. The number of hydrogen-bond donors (Lipinski definition) is 3. The molecule has 0 spiro atoms. The molecule has 1 aliphatic rings. The predicted octanol–water partition coefficient (Wildman–Crippen LogP) is 1.58. The van der Waals surface area contributed by atoms with E-state index in [1.165, 1.54) is 0 Å². The minimum atomic E-state index is -0.222. The van der Waals surface area contributed by atoms with Crippen molar-refractivity contribution in [3.63, 3.8) is 0 Å². The van der Waals surface area contributed by atoms with Crippen LogP contribution < -0.4 is 16.0 Å². The van der Waals surface area contributed by atoms with Crippen molar-refractivity contribution in [3.05, 3.63) is 17.6 Å². The first-order valence-electron chi connectivity index (χ1n) is 7.95. The lowest BCUT2D eigenvalue weighted by atomic mass is 9.94. The molecule has 1 aliphatic heterocycles. The largest absolute Gasteiger partial charge is 0.361 e. The molecule has 3 N–H and O–H groups in total. The molecular weight excluding hydrogens is 278 g/mol. The first kappa shape index (κ1) is 16.7. The van der Waals surface area contributed by atoms with E-state index in [0.29, 0.717) is 5.92 Å². The van der Waals surface area contributed by atoms with Gasteiger partial charge in [-0.2, -0.15) is 0 Å². The van der Waals surface area contributed by atoms with Gasteiger partial charge in [-0.3, -0.25) is 4.79 Å². The fourth-order valence-corrected chi connectivity index (χ4v) is 2.64. The number of aromatic nitrogens is 2. The minimum Gasteiger partial charge on any atom is -0.361 e. The monoisotopic (exact) mass is 305 g/mol. The van der Waals surface area contributed by atoms with Crippen LogP contribution in [0.2, 0.25) is 0 Å². The molecule has 6 nitrogen and oxygen atoms in total. The number of nitrogens with zero attached hydrogens (tertiary/aromatic N) is 2. The van der Waals surface area contributed by atoms with Gasteiger partial charge in [0.25, 0.3) is 0 Å². The smallest absolute Gasteiger partial charge is 0.239 e. The molecule has 2 rings (SSSR count). The van der Waals surface area contributed by atoms with E-state index in [-0.39, 0.29) is 18.0 Å². The average molecular weight is 305 g/mol. The Balaban J connectivity index is 1.99. The molecule has 0 unspecified atom stereocenters. The van der Waals surface area contributed by atoms with Crippen molar-refractivity contribution in [1.82, 2.24) is 20.6 Å². The Morgan fingerprint density at radius 1 is 1.32 bits per heavy atom. The van der Waals surface area contributed by atoms with Gasteiger partial charge in [0.05, 0.1) is 6.54 Å². The molecule has 0 atom stereocenters. The molecule has 0 aromatic carbocycles. The van der Waals surface area contributed by atoms with Crippen molar-refractivity contribution in [3.8, 4) is 0 Å². The van der Waals surface area contributed by atoms with Crippen molar-refractivity contribution in [1.29, 1.82) is 0 Å². The number of aryl methyl sites for hydroxylation is 1. The normalized spacial score (nSPS) is 16.4. The predicted molar refractivity (Wildman–Crippen MR) is 88.0 cm³/mol. The summed E-state index contributed by atoms with van der Waals surface area (Å²) in [5, 5.41) is 9.40. The first-order chi connectivity index (χ1) is 10.3. The van der Waals surface area contributed by atoms with Gasteiger partial charge in [0.15, 0.2) is 0 Å². The highest BCUT2D eigenvalue weighted by atomic mass is 16.2. The molecule has 1 aromatic heterocycles. The van der Waals surface area contributed by atoms with E-state index in [1.54, 1.807) is 0 Å². The minimum absolute atomic E-state index is 0.0350. The molecule has 0 saturated carbocycles. The van der Waals surface area contributed by atoms with E-state index >= 15 is 0 Å². The SMILES string of the molecule is Cc1nc(NCC(=O)NC(C)(C)C)cc(C2CCNCC2)n1. The van der Waals surface area contributed by atoms with E-state index < -0.39 is 0 Å². The van der Waals surface area contributed by atoms with E-state index in [2.05, 4.69) is 25.9 Å². The molecule has 1 fully saturated rings. The lowest BCUT2D eigenvalue weighted by molar-refractivity contribution is -0.120. The number of nitrogens with one attached hydrogen (secondary N) is 3. The topological polar surface area (TPSA) is 78.9 Å². The van der Waals surface area contributed by atoms with Crippen LogP contribution in [0.1, 0.15) is 51.0 Å². The van der Waals surface area contributed by atoms with Crippen LogP contribution in [0.25, 0.3) is 0 Å². The number of amides is 1. The summed E-state index contributed by atoms with van der Waals surface area (Å²) in [6.45, 7) is 10.1. The molecule has 6 heteroatoms. The van der Waals surface area contributed by atoms with Crippen LogP contribution in [0.3, 0.4) is 0 Å². The van der Waals surface area contributed by atoms with Crippen LogP contribution >= 0.6 is 0 Å². The standard InChI is InChI=1S/C16H27N5O/c1-11-19-13(12-5-7-17-8-6-12)9-14(20-11)18-10-15(22)21-16(2,3)4/h9,12,17H,5-8,10H2,1-4H3,(H,21,22)(H,18,19,20). The molecule has 1 saturated heterocycles. The van der Waals surface area contributed by atoms with Gasteiger partial charge in [0.2, 0.25) is 5.91 Å². The molecule has 0 aliphatic carbocycles. The average Bonchev–Trinajstić information content (AvgIpc) is 2.44. The summed E-state index contributed by atoms with van der Waals surface area (Å²) >= 11 is 0. The van der Waals surface area contributed by atoms with Gasteiger partial charge in [-0.15, -0.1) is 0 Å². The summed E-state index contributed by atoms with van der Waals surface area (Å²) in [5.74, 6) is 1.92. The van der Waals surface area contributed by atoms with Crippen LogP contribution in [-0.4, -0.2) is 41.0 Å². The number of hydrogen-bond acceptors (Lipinski definition) is 5. The first-order valence-corrected chi connectivity index (χ1v) is 7.95. The summed E-state index contributed by atoms with van der Waals surface area (Å²) in [7, 11) is 0. The zero-order chi connectivity index (χ0) is 16.2. The second kappa shape index (κ2) is 7.05. The maximum absolute atomic E-state index is 11.9. The third-order valence-corrected chi connectivity index (χ3v) is 3.56. The summed E-state index contributed by atoms with van der Waals surface area (Å²) in [6, 6.07) is 1.98. The van der Waals surface area contributed by atoms with Crippen molar-refractivity contribution >= 4 is 11.7 Å². The second-order valence-electron chi connectivity index (χ2n) is 6.90. The zero-order valence-corrected chi connectivity index (χ0v) is 14.0. The number of carbonyl (C=O) groups excluding carboxylic acids is 1. The van der Waals surface area contributed by atoms with E-state index in [4.69, 9.17) is 0 Å². The Labute approximate surface area is 132 Å². The molecule has 1 amide bonds. The van der Waals surface area contributed by atoms with Crippen molar-refractivity contribution < 1.29 is 4.79 Å². The van der Waals surface area contributed by atoms with Gasteiger partial charge in [-0.05, 0) is 53.6 Å². The van der Waals surface area contributed by atoms with Crippen LogP contribution in [0.4, 0.5) is 5.82 Å². The van der Waals surface area contributed by atoms with Gasteiger partial charge in [0, 0.05) is 23.2 Å². The van der Waals surface area contributed by atoms with Crippen LogP contribution in [-0.2, 0) is 4.79 Å².